The maximum Gasteiger partial charge on any atom is 0.318 e. The second-order valence-electron chi connectivity index (χ2n) is 5.73. The van der Waals surface area contributed by atoms with Crippen molar-refractivity contribution in [3.05, 3.63) is 63.1 Å². The molecule has 0 radical (unpaired) electrons. The highest BCUT2D eigenvalue weighted by atomic mass is 79.9. The molecule has 0 spiro atoms. The highest BCUT2D eigenvalue weighted by molar-refractivity contribution is 9.10. The average Bonchev–Trinajstić information content (AvgIpc) is 2.96. The lowest BCUT2D eigenvalue weighted by Crippen LogP contribution is -2.38. The molecule has 0 saturated carbocycles. The summed E-state index contributed by atoms with van der Waals surface area (Å²) >= 11 is 3.59. The van der Waals surface area contributed by atoms with Gasteiger partial charge in [-0.25, -0.2) is 9.18 Å². The maximum absolute atomic E-state index is 13.7. The van der Waals surface area contributed by atoms with Crippen LogP contribution in [-0.4, -0.2) is 15.9 Å². The van der Waals surface area contributed by atoms with E-state index in [2.05, 4.69) is 26.2 Å². The number of nitrogens with zero attached hydrogens (tertiary/aromatic N) is 2. The Kier molecular flexibility index (Phi) is 4.35. The SMILES string of the molecule is Cc1ccc2c(c1Br)CN(C(=O)N[C@@H](C)c1ncccc1F)C2. The number of benzene rings is 1. The number of hydrogen-bond acceptors (Lipinski definition) is 2. The minimum absolute atomic E-state index is 0.219. The number of aromatic nitrogens is 1. The zero-order valence-electron chi connectivity index (χ0n) is 12.9. The number of halogens is 2. The van der Waals surface area contributed by atoms with Crippen molar-refractivity contribution in [1.29, 1.82) is 0 Å². The number of hydrogen-bond donors (Lipinski definition) is 1. The van der Waals surface area contributed by atoms with Crippen LogP contribution in [-0.2, 0) is 13.1 Å². The van der Waals surface area contributed by atoms with E-state index in [-0.39, 0.29) is 11.7 Å². The molecule has 1 atom stereocenters. The van der Waals surface area contributed by atoms with Gasteiger partial charge in [0.1, 0.15) is 5.82 Å². The first kappa shape index (κ1) is 15.9. The first-order valence-electron chi connectivity index (χ1n) is 7.40. The normalized spacial score (nSPS) is 14.5. The van der Waals surface area contributed by atoms with Crippen molar-refractivity contribution < 1.29 is 9.18 Å². The van der Waals surface area contributed by atoms with E-state index in [1.54, 1.807) is 11.8 Å². The summed E-state index contributed by atoms with van der Waals surface area (Å²) in [5.74, 6) is -0.414. The third-order valence-electron chi connectivity index (χ3n) is 4.07. The zero-order valence-corrected chi connectivity index (χ0v) is 14.5. The molecular weight excluding hydrogens is 361 g/mol. The molecule has 3 rings (SSSR count). The second kappa shape index (κ2) is 6.28. The Hall–Kier alpha value is -1.95. The van der Waals surface area contributed by atoms with Gasteiger partial charge < -0.3 is 10.2 Å². The van der Waals surface area contributed by atoms with E-state index < -0.39 is 11.9 Å². The topological polar surface area (TPSA) is 45.2 Å². The molecule has 0 fully saturated rings. The van der Waals surface area contributed by atoms with Gasteiger partial charge in [-0.15, -0.1) is 0 Å². The minimum atomic E-state index is -0.488. The van der Waals surface area contributed by atoms with Gasteiger partial charge in [0.15, 0.2) is 0 Å². The molecule has 2 aromatic rings. The van der Waals surface area contributed by atoms with Crippen molar-refractivity contribution in [2.45, 2.75) is 33.0 Å². The third kappa shape index (κ3) is 3.08. The van der Waals surface area contributed by atoms with E-state index in [0.29, 0.717) is 13.1 Å². The van der Waals surface area contributed by atoms with Crippen LogP contribution < -0.4 is 5.32 Å². The highest BCUT2D eigenvalue weighted by Crippen LogP contribution is 2.32. The predicted molar refractivity (Wildman–Crippen MR) is 89.3 cm³/mol. The lowest BCUT2D eigenvalue weighted by Gasteiger charge is -2.20. The van der Waals surface area contributed by atoms with Crippen molar-refractivity contribution in [1.82, 2.24) is 15.2 Å². The Bertz CT molecular complexity index is 765. The van der Waals surface area contributed by atoms with Crippen LogP contribution in [0.25, 0.3) is 0 Å². The minimum Gasteiger partial charge on any atom is -0.330 e. The lowest BCUT2D eigenvalue weighted by atomic mass is 10.1. The number of rotatable bonds is 2. The summed E-state index contributed by atoms with van der Waals surface area (Å²) in [6, 6.07) is 6.25. The number of fused-ring (bicyclic) bond motifs is 1. The average molecular weight is 378 g/mol. The third-order valence-corrected chi connectivity index (χ3v) is 5.17. The molecule has 1 aromatic heterocycles. The summed E-state index contributed by atoms with van der Waals surface area (Å²) in [4.78, 5) is 18.2. The molecular formula is C17H17BrFN3O. The van der Waals surface area contributed by atoms with Crippen molar-refractivity contribution in [3.8, 4) is 0 Å². The Labute approximate surface area is 142 Å². The van der Waals surface area contributed by atoms with Crippen molar-refractivity contribution in [3.63, 3.8) is 0 Å². The molecule has 0 aliphatic carbocycles. The summed E-state index contributed by atoms with van der Waals surface area (Å²) in [6.45, 7) is 4.85. The monoisotopic (exact) mass is 377 g/mol. The highest BCUT2D eigenvalue weighted by Gasteiger charge is 2.27. The smallest absolute Gasteiger partial charge is 0.318 e. The summed E-state index contributed by atoms with van der Waals surface area (Å²) in [6.07, 6.45) is 1.52. The van der Waals surface area contributed by atoms with Crippen LogP contribution in [0.5, 0.6) is 0 Å². The Morgan fingerprint density at radius 3 is 2.91 bits per heavy atom. The van der Waals surface area contributed by atoms with Crippen LogP contribution in [0.3, 0.4) is 0 Å². The fourth-order valence-electron chi connectivity index (χ4n) is 2.75. The van der Waals surface area contributed by atoms with E-state index in [9.17, 15) is 9.18 Å². The molecule has 0 saturated heterocycles. The largest absolute Gasteiger partial charge is 0.330 e. The molecule has 23 heavy (non-hydrogen) atoms. The van der Waals surface area contributed by atoms with Crippen LogP contribution in [0, 0.1) is 12.7 Å². The van der Waals surface area contributed by atoms with Crippen LogP contribution in [0.1, 0.15) is 35.3 Å². The van der Waals surface area contributed by atoms with Gasteiger partial charge in [0.05, 0.1) is 11.7 Å². The van der Waals surface area contributed by atoms with Gasteiger partial charge in [-0.3, -0.25) is 4.98 Å². The molecule has 1 aromatic carbocycles. The molecule has 1 N–H and O–H groups in total. The molecule has 4 nitrogen and oxygen atoms in total. The first-order valence-corrected chi connectivity index (χ1v) is 8.19. The number of aryl methyl sites for hydroxylation is 1. The van der Waals surface area contributed by atoms with E-state index in [1.165, 1.54) is 18.3 Å². The predicted octanol–water partition coefficient (Wildman–Crippen LogP) is 4.08. The van der Waals surface area contributed by atoms with Crippen LogP contribution >= 0.6 is 15.9 Å². The van der Waals surface area contributed by atoms with Crippen LogP contribution in [0.15, 0.2) is 34.9 Å². The van der Waals surface area contributed by atoms with Crippen LogP contribution in [0.4, 0.5) is 9.18 Å². The Morgan fingerprint density at radius 1 is 1.39 bits per heavy atom. The zero-order chi connectivity index (χ0) is 16.6. The molecule has 0 bridgehead atoms. The molecule has 1 aliphatic heterocycles. The fourth-order valence-corrected chi connectivity index (χ4v) is 3.27. The van der Waals surface area contributed by atoms with E-state index in [1.807, 2.05) is 19.1 Å². The molecule has 2 amide bonds. The van der Waals surface area contributed by atoms with Crippen molar-refractivity contribution >= 4 is 22.0 Å². The molecule has 1 aliphatic rings. The van der Waals surface area contributed by atoms with Gasteiger partial charge >= 0.3 is 6.03 Å². The molecule has 0 unspecified atom stereocenters. The quantitative estimate of drug-likeness (QED) is 0.856. The Balaban J connectivity index is 1.71. The lowest BCUT2D eigenvalue weighted by molar-refractivity contribution is 0.194. The van der Waals surface area contributed by atoms with E-state index in [0.717, 1.165) is 21.2 Å². The second-order valence-corrected chi connectivity index (χ2v) is 6.52. The van der Waals surface area contributed by atoms with Crippen LogP contribution in [0.2, 0.25) is 0 Å². The standard InChI is InChI=1S/C17H17BrFN3O/c1-10-5-6-12-8-22(9-13(12)15(10)18)17(23)21-11(2)16-14(19)4-3-7-20-16/h3-7,11H,8-9H2,1-2H3,(H,21,23)/t11-/m0/s1. The Morgan fingerprint density at radius 2 is 2.17 bits per heavy atom. The van der Waals surface area contributed by atoms with Crippen molar-refractivity contribution in [2.75, 3.05) is 0 Å². The van der Waals surface area contributed by atoms with Gasteiger partial charge in [-0.1, -0.05) is 28.1 Å². The summed E-state index contributed by atoms with van der Waals surface area (Å²) in [5, 5.41) is 2.82. The number of carbonyl (C=O) groups is 1. The van der Waals surface area contributed by atoms with E-state index in [4.69, 9.17) is 0 Å². The number of urea groups is 1. The number of carbonyl (C=O) groups excluding carboxylic acids is 1. The van der Waals surface area contributed by atoms with Crippen molar-refractivity contribution in [2.24, 2.45) is 0 Å². The number of amides is 2. The van der Waals surface area contributed by atoms with Gasteiger partial charge in [0, 0.05) is 23.8 Å². The molecule has 2 heterocycles. The fraction of sp³-hybridized carbons (Fsp3) is 0.294. The van der Waals surface area contributed by atoms with Gasteiger partial charge in [-0.05, 0) is 42.7 Å². The summed E-state index contributed by atoms with van der Waals surface area (Å²) < 4.78 is 14.8. The number of pyridine rings is 1. The van der Waals surface area contributed by atoms with Gasteiger partial charge in [0.2, 0.25) is 0 Å². The van der Waals surface area contributed by atoms with Gasteiger partial charge in [0.25, 0.3) is 0 Å². The first-order chi connectivity index (χ1) is 11.0. The molecule has 6 heteroatoms. The van der Waals surface area contributed by atoms with Gasteiger partial charge in [-0.2, -0.15) is 0 Å². The summed E-state index contributed by atoms with van der Waals surface area (Å²) in [5.41, 5.74) is 3.66. The summed E-state index contributed by atoms with van der Waals surface area (Å²) in [7, 11) is 0. The number of nitrogens with one attached hydrogen (secondary N) is 1. The van der Waals surface area contributed by atoms with E-state index >= 15 is 0 Å². The maximum atomic E-state index is 13.7. The molecule has 120 valence electrons.